The molecular formula is C12H10N2S. The van der Waals surface area contributed by atoms with Gasteiger partial charge in [-0.1, -0.05) is 12.0 Å². The van der Waals surface area contributed by atoms with E-state index >= 15 is 0 Å². The van der Waals surface area contributed by atoms with Gasteiger partial charge in [-0.05, 0) is 19.1 Å². The van der Waals surface area contributed by atoms with E-state index in [0.717, 1.165) is 22.1 Å². The number of pyridine rings is 1. The zero-order valence-corrected chi connectivity index (χ0v) is 9.21. The summed E-state index contributed by atoms with van der Waals surface area (Å²) in [5.41, 5.74) is 2.82. The van der Waals surface area contributed by atoms with Crippen molar-refractivity contribution in [1.29, 1.82) is 0 Å². The summed E-state index contributed by atoms with van der Waals surface area (Å²) >= 11 is 1.58. The molecule has 2 heterocycles. The Kier molecular flexibility index (Phi) is 2.79. The number of hydrogen-bond donors (Lipinski definition) is 0. The van der Waals surface area contributed by atoms with Crippen LogP contribution in [0, 0.1) is 19.3 Å². The monoisotopic (exact) mass is 214 g/mol. The lowest BCUT2D eigenvalue weighted by Gasteiger charge is -1.96. The van der Waals surface area contributed by atoms with E-state index in [-0.39, 0.29) is 0 Å². The van der Waals surface area contributed by atoms with Gasteiger partial charge in [0.2, 0.25) is 0 Å². The predicted octanol–water partition coefficient (Wildman–Crippen LogP) is 2.69. The fourth-order valence-corrected chi connectivity index (χ4v) is 2.02. The molecule has 0 spiro atoms. The van der Waals surface area contributed by atoms with Crippen LogP contribution in [-0.4, -0.2) is 9.97 Å². The molecule has 0 aliphatic heterocycles. The minimum atomic E-state index is 0.594. The molecule has 0 saturated heterocycles. The minimum absolute atomic E-state index is 0.594. The lowest BCUT2D eigenvalue weighted by Crippen LogP contribution is -1.87. The van der Waals surface area contributed by atoms with Crippen molar-refractivity contribution >= 4 is 11.3 Å². The molecule has 0 aromatic carbocycles. The van der Waals surface area contributed by atoms with Crippen LogP contribution in [0.2, 0.25) is 0 Å². The molecule has 74 valence electrons. The normalized spacial score (nSPS) is 9.87. The summed E-state index contributed by atoms with van der Waals surface area (Å²) in [6.45, 7) is 1.97. The molecule has 2 aromatic rings. The molecule has 2 aromatic heterocycles. The first-order chi connectivity index (χ1) is 7.29. The Morgan fingerprint density at radius 2 is 2.20 bits per heavy atom. The largest absolute Gasteiger partial charge is 0.251 e. The molecule has 0 atom stereocenters. The predicted molar refractivity (Wildman–Crippen MR) is 62.6 cm³/mol. The molecule has 0 fully saturated rings. The molecule has 0 unspecified atom stereocenters. The van der Waals surface area contributed by atoms with Gasteiger partial charge in [0.15, 0.2) is 0 Å². The fraction of sp³-hybridized carbons (Fsp3) is 0.167. The van der Waals surface area contributed by atoms with Crippen LogP contribution < -0.4 is 0 Å². The summed E-state index contributed by atoms with van der Waals surface area (Å²) in [6, 6.07) is 5.91. The van der Waals surface area contributed by atoms with E-state index in [1.165, 1.54) is 0 Å². The lowest BCUT2D eigenvalue weighted by atomic mass is 10.2. The number of nitrogens with zero attached hydrogens (tertiary/aromatic N) is 2. The second-order valence-corrected chi connectivity index (χ2v) is 4.11. The highest BCUT2D eigenvalue weighted by Gasteiger charge is 2.04. The van der Waals surface area contributed by atoms with Gasteiger partial charge in [0.25, 0.3) is 0 Å². The zero-order chi connectivity index (χ0) is 10.7. The summed E-state index contributed by atoms with van der Waals surface area (Å²) in [4.78, 5) is 8.83. The standard InChI is InChI=1S/C12H10N2S/c1-3-5-12-14-11(8-15-12)10-7-4-6-9(2)13-10/h1,4,6-8H,5H2,2H3. The Bertz CT molecular complexity index is 508. The van der Waals surface area contributed by atoms with Crippen molar-refractivity contribution < 1.29 is 0 Å². The molecule has 0 aliphatic rings. The number of aryl methyl sites for hydroxylation is 1. The van der Waals surface area contributed by atoms with Crippen LogP contribution in [0.4, 0.5) is 0 Å². The highest BCUT2D eigenvalue weighted by molar-refractivity contribution is 7.10. The number of aromatic nitrogens is 2. The fourth-order valence-electron chi connectivity index (χ4n) is 1.28. The first kappa shape index (κ1) is 9.88. The first-order valence-electron chi connectivity index (χ1n) is 4.61. The molecule has 2 nitrogen and oxygen atoms in total. The van der Waals surface area contributed by atoms with Crippen molar-refractivity contribution in [3.8, 4) is 23.7 Å². The Morgan fingerprint density at radius 3 is 2.93 bits per heavy atom. The highest BCUT2D eigenvalue weighted by atomic mass is 32.1. The Morgan fingerprint density at radius 1 is 1.33 bits per heavy atom. The van der Waals surface area contributed by atoms with Gasteiger partial charge in [-0.25, -0.2) is 4.98 Å². The summed E-state index contributed by atoms with van der Waals surface area (Å²) in [5, 5.41) is 2.96. The summed E-state index contributed by atoms with van der Waals surface area (Å²) in [6.07, 6.45) is 5.83. The maximum absolute atomic E-state index is 5.23. The van der Waals surface area contributed by atoms with Crippen molar-refractivity contribution in [2.45, 2.75) is 13.3 Å². The maximum atomic E-state index is 5.23. The maximum Gasteiger partial charge on any atom is 0.105 e. The minimum Gasteiger partial charge on any atom is -0.251 e. The van der Waals surface area contributed by atoms with Crippen molar-refractivity contribution in [3.63, 3.8) is 0 Å². The van der Waals surface area contributed by atoms with E-state index < -0.39 is 0 Å². The SMILES string of the molecule is C#CCc1nc(-c2cccc(C)n2)cs1. The third-order valence-electron chi connectivity index (χ3n) is 1.96. The second kappa shape index (κ2) is 4.24. The van der Waals surface area contributed by atoms with Gasteiger partial charge in [0.1, 0.15) is 5.01 Å². The molecule has 0 N–H and O–H groups in total. The van der Waals surface area contributed by atoms with E-state index in [1.807, 2.05) is 30.5 Å². The summed E-state index contributed by atoms with van der Waals surface area (Å²) < 4.78 is 0. The molecule has 0 bridgehead atoms. The molecular weight excluding hydrogens is 204 g/mol. The van der Waals surface area contributed by atoms with Gasteiger partial charge in [0.05, 0.1) is 17.8 Å². The molecule has 2 rings (SSSR count). The van der Waals surface area contributed by atoms with E-state index in [4.69, 9.17) is 6.42 Å². The topological polar surface area (TPSA) is 25.8 Å². The second-order valence-electron chi connectivity index (χ2n) is 3.17. The Hall–Kier alpha value is -1.66. The van der Waals surface area contributed by atoms with Crippen LogP contribution in [-0.2, 0) is 6.42 Å². The molecule has 3 heteroatoms. The number of hydrogen-bond acceptors (Lipinski definition) is 3. The van der Waals surface area contributed by atoms with Gasteiger partial charge in [-0.2, -0.15) is 0 Å². The van der Waals surface area contributed by atoms with Crippen LogP contribution in [0.25, 0.3) is 11.4 Å². The van der Waals surface area contributed by atoms with E-state index in [1.54, 1.807) is 11.3 Å². The van der Waals surface area contributed by atoms with Crippen molar-refractivity contribution in [2.24, 2.45) is 0 Å². The zero-order valence-electron chi connectivity index (χ0n) is 8.40. The Balaban J connectivity index is 2.34. The smallest absolute Gasteiger partial charge is 0.105 e. The Labute approximate surface area is 93.0 Å². The van der Waals surface area contributed by atoms with Crippen LogP contribution in [0.1, 0.15) is 10.7 Å². The van der Waals surface area contributed by atoms with Gasteiger partial charge >= 0.3 is 0 Å². The van der Waals surface area contributed by atoms with Crippen molar-refractivity contribution in [3.05, 3.63) is 34.3 Å². The van der Waals surface area contributed by atoms with Gasteiger partial charge in [-0.3, -0.25) is 4.98 Å². The molecule has 0 radical (unpaired) electrons. The van der Waals surface area contributed by atoms with Crippen LogP contribution in [0.15, 0.2) is 23.6 Å². The quantitative estimate of drug-likeness (QED) is 0.718. The van der Waals surface area contributed by atoms with Crippen molar-refractivity contribution in [2.75, 3.05) is 0 Å². The first-order valence-corrected chi connectivity index (χ1v) is 5.49. The lowest BCUT2D eigenvalue weighted by molar-refractivity contribution is 1.16. The van der Waals surface area contributed by atoms with Gasteiger partial charge in [-0.15, -0.1) is 17.8 Å². The highest BCUT2D eigenvalue weighted by Crippen LogP contribution is 2.20. The van der Waals surface area contributed by atoms with Gasteiger partial charge < -0.3 is 0 Å². The van der Waals surface area contributed by atoms with E-state index in [9.17, 15) is 0 Å². The van der Waals surface area contributed by atoms with Gasteiger partial charge in [0, 0.05) is 11.1 Å². The third-order valence-corrected chi connectivity index (χ3v) is 2.80. The number of terminal acetylenes is 1. The average molecular weight is 214 g/mol. The third kappa shape index (κ3) is 2.23. The van der Waals surface area contributed by atoms with E-state index in [0.29, 0.717) is 6.42 Å². The summed E-state index contributed by atoms with van der Waals surface area (Å²) in [7, 11) is 0. The summed E-state index contributed by atoms with van der Waals surface area (Å²) in [5.74, 6) is 2.59. The number of rotatable bonds is 2. The molecule has 0 amide bonds. The van der Waals surface area contributed by atoms with Crippen LogP contribution in [0.5, 0.6) is 0 Å². The van der Waals surface area contributed by atoms with Crippen molar-refractivity contribution in [1.82, 2.24) is 9.97 Å². The average Bonchev–Trinajstić information content (AvgIpc) is 2.67. The van der Waals surface area contributed by atoms with Crippen LogP contribution in [0.3, 0.4) is 0 Å². The molecule has 0 saturated carbocycles. The molecule has 0 aliphatic carbocycles. The van der Waals surface area contributed by atoms with Crippen LogP contribution >= 0.6 is 11.3 Å². The van der Waals surface area contributed by atoms with E-state index in [2.05, 4.69) is 15.9 Å². The molecule has 15 heavy (non-hydrogen) atoms. The number of thiazole rings is 1.